The second-order valence-electron chi connectivity index (χ2n) is 21.6. The van der Waals surface area contributed by atoms with E-state index in [0.717, 1.165) is 61.2 Å². The van der Waals surface area contributed by atoms with Crippen LogP contribution in [0.25, 0.3) is 5.57 Å². The number of carboxylic acids is 1. The number of aromatic carboxylic acids is 1. The first kappa shape index (κ1) is 38.1. The van der Waals surface area contributed by atoms with Crippen LogP contribution in [-0.4, -0.2) is 64.7 Å². The number of likely N-dealkylation sites (tertiary alicyclic amines) is 2. The van der Waals surface area contributed by atoms with Gasteiger partial charge < -0.3 is 10.4 Å². The molecule has 298 valence electrons. The van der Waals surface area contributed by atoms with Crippen molar-refractivity contribution >= 4 is 11.5 Å². The second kappa shape index (κ2) is 13.6. The average molecular weight is 746 g/mol. The molecule has 2 aliphatic heterocycles. The van der Waals surface area contributed by atoms with Gasteiger partial charge in [0.15, 0.2) is 0 Å². The third-order valence-corrected chi connectivity index (χ3v) is 18.9. The first-order valence-electron chi connectivity index (χ1n) is 22.5. The molecule has 0 aromatic heterocycles. The van der Waals surface area contributed by atoms with Crippen LogP contribution in [-0.2, 0) is 6.54 Å². The maximum Gasteiger partial charge on any atom is 0.335 e. The maximum atomic E-state index is 11.6. The van der Waals surface area contributed by atoms with Crippen molar-refractivity contribution in [3.8, 4) is 0 Å². The van der Waals surface area contributed by atoms with E-state index in [1.807, 2.05) is 0 Å². The van der Waals surface area contributed by atoms with E-state index in [1.54, 1.807) is 12.1 Å². The van der Waals surface area contributed by atoms with Crippen molar-refractivity contribution in [2.75, 3.05) is 26.2 Å². The zero-order valence-corrected chi connectivity index (χ0v) is 35.2. The van der Waals surface area contributed by atoms with Crippen molar-refractivity contribution in [2.24, 2.45) is 57.2 Å². The highest BCUT2D eigenvalue weighted by atomic mass is 16.4. The predicted octanol–water partition coefficient (Wildman–Crippen LogP) is 10.4. The molecule has 0 unspecified atom stereocenters. The summed E-state index contributed by atoms with van der Waals surface area (Å²) in [5.41, 5.74) is 5.82. The number of piperazine rings is 1. The third kappa shape index (κ3) is 5.81. The standard InChI is InChI=1S/C50H71N3O2/c1-33(2)39-19-24-50(51-27-28-52-31-38-29-37(52)32-53(38)30-34-11-9-8-10-12-34)26-25-48(6)41(44(39)50)17-18-43-47(5)22-20-40(35-13-15-36(16-14-35)45(54)55)46(3,4)42(47)21-23-49(43,48)7/h8-16,20,33,37-39,41-44,51H,17-19,21-32H2,1-7H3,(H,54,55)/t37-,38-,39-,41+,42-,43+,44+,47-,48+,49+,50-/m0/s1. The molecule has 0 radical (unpaired) electrons. The summed E-state index contributed by atoms with van der Waals surface area (Å²) in [6.45, 7) is 24.3. The van der Waals surface area contributed by atoms with E-state index in [-0.39, 0.29) is 10.8 Å². The van der Waals surface area contributed by atoms with E-state index in [2.05, 4.69) is 112 Å². The van der Waals surface area contributed by atoms with E-state index in [1.165, 1.54) is 94.1 Å². The smallest absolute Gasteiger partial charge is 0.335 e. The van der Waals surface area contributed by atoms with E-state index in [4.69, 9.17) is 0 Å². The van der Waals surface area contributed by atoms with Gasteiger partial charge in [0, 0.05) is 50.3 Å². The molecule has 6 fully saturated rings. The molecule has 2 heterocycles. The first-order valence-corrected chi connectivity index (χ1v) is 22.5. The molecule has 11 atom stereocenters. The lowest BCUT2D eigenvalue weighted by atomic mass is 9.33. The van der Waals surface area contributed by atoms with Crippen molar-refractivity contribution < 1.29 is 9.90 Å². The molecule has 9 rings (SSSR count). The van der Waals surface area contributed by atoms with Gasteiger partial charge in [-0.3, -0.25) is 9.80 Å². The fraction of sp³-hybridized carbons (Fsp3) is 0.700. The molecule has 5 heteroatoms. The molecule has 7 aliphatic rings. The van der Waals surface area contributed by atoms with Crippen LogP contribution in [0.15, 0.2) is 60.7 Å². The number of benzene rings is 2. The number of carboxylic acid groups (broad SMARTS) is 1. The molecule has 2 aromatic rings. The SMILES string of the molecule is CC(C)[C@@H]1CC[C@]2(NCCN3C[C@@H]4C[C@H]3CN4Cc3ccccc3)CC[C@]3(C)[C@H](CC[C@@H]4[C@@]5(C)CC=C(c6ccc(C(=O)O)cc6)C(C)(C)[C@@H]5CC[C@]43C)[C@@H]12. The summed E-state index contributed by atoms with van der Waals surface area (Å²) >= 11 is 0. The lowest BCUT2D eigenvalue weighted by molar-refractivity contribution is -0.221. The lowest BCUT2D eigenvalue weighted by Crippen LogP contribution is -2.68. The Kier molecular flexibility index (Phi) is 9.38. The Labute approximate surface area is 333 Å². The summed E-state index contributed by atoms with van der Waals surface area (Å²) in [6, 6.07) is 20.2. The minimum Gasteiger partial charge on any atom is -0.478 e. The van der Waals surface area contributed by atoms with E-state index < -0.39 is 5.97 Å². The van der Waals surface area contributed by atoms with Gasteiger partial charge >= 0.3 is 5.97 Å². The molecule has 2 bridgehead atoms. The van der Waals surface area contributed by atoms with Crippen molar-refractivity contribution in [1.82, 2.24) is 15.1 Å². The Hall–Kier alpha value is -2.47. The number of allylic oxidation sites excluding steroid dienone is 2. The minimum absolute atomic E-state index is 0.0473. The molecule has 2 aromatic carbocycles. The average Bonchev–Trinajstić information content (AvgIpc) is 3.85. The van der Waals surface area contributed by atoms with Crippen LogP contribution in [0.2, 0.25) is 0 Å². The van der Waals surface area contributed by atoms with Gasteiger partial charge in [0.2, 0.25) is 0 Å². The molecule has 4 saturated carbocycles. The van der Waals surface area contributed by atoms with Gasteiger partial charge in [-0.2, -0.15) is 0 Å². The topological polar surface area (TPSA) is 55.8 Å². The third-order valence-electron chi connectivity index (χ3n) is 18.9. The molecular weight excluding hydrogens is 675 g/mol. The van der Waals surface area contributed by atoms with Gasteiger partial charge in [-0.1, -0.05) is 97.0 Å². The van der Waals surface area contributed by atoms with Crippen LogP contribution in [0, 0.1) is 57.2 Å². The van der Waals surface area contributed by atoms with E-state index in [0.29, 0.717) is 27.9 Å². The molecule has 0 amide bonds. The summed E-state index contributed by atoms with van der Waals surface area (Å²) in [4.78, 5) is 17.2. The molecule has 2 saturated heterocycles. The van der Waals surface area contributed by atoms with Gasteiger partial charge in [0.1, 0.15) is 0 Å². The van der Waals surface area contributed by atoms with Gasteiger partial charge in [-0.25, -0.2) is 4.79 Å². The quantitative estimate of drug-likeness (QED) is 0.268. The zero-order valence-electron chi connectivity index (χ0n) is 35.2. The fourth-order valence-electron chi connectivity index (χ4n) is 16.2. The molecule has 2 N–H and O–H groups in total. The summed E-state index contributed by atoms with van der Waals surface area (Å²) < 4.78 is 0. The van der Waals surface area contributed by atoms with Crippen molar-refractivity contribution in [3.05, 3.63) is 77.4 Å². The Morgan fingerprint density at radius 2 is 1.55 bits per heavy atom. The van der Waals surface area contributed by atoms with Crippen LogP contribution in [0.3, 0.4) is 0 Å². The summed E-state index contributed by atoms with van der Waals surface area (Å²) in [6.07, 6.45) is 16.0. The second-order valence-corrected chi connectivity index (χ2v) is 21.6. The number of nitrogens with one attached hydrogen (secondary N) is 1. The Morgan fingerprint density at radius 3 is 2.24 bits per heavy atom. The van der Waals surface area contributed by atoms with Crippen LogP contribution < -0.4 is 5.32 Å². The predicted molar refractivity (Wildman–Crippen MR) is 225 cm³/mol. The number of carbonyl (C=O) groups is 1. The zero-order chi connectivity index (χ0) is 38.5. The van der Waals surface area contributed by atoms with E-state index in [9.17, 15) is 9.90 Å². The van der Waals surface area contributed by atoms with Crippen LogP contribution in [0.1, 0.15) is 134 Å². The number of fused-ring (bicyclic) bond motifs is 9. The Morgan fingerprint density at radius 1 is 0.818 bits per heavy atom. The number of rotatable bonds is 9. The molecular formula is C50H71N3O2. The highest BCUT2D eigenvalue weighted by Crippen LogP contribution is 2.76. The number of nitrogens with zero attached hydrogens (tertiary/aromatic N) is 2. The molecule has 0 spiro atoms. The molecule has 55 heavy (non-hydrogen) atoms. The Bertz CT molecular complexity index is 1790. The van der Waals surface area contributed by atoms with Gasteiger partial charge in [-0.05, 0) is 150 Å². The number of hydrogen-bond donors (Lipinski definition) is 2. The summed E-state index contributed by atoms with van der Waals surface area (Å²) in [5.74, 6) is 3.67. The monoisotopic (exact) mass is 746 g/mol. The van der Waals surface area contributed by atoms with Crippen LogP contribution in [0.5, 0.6) is 0 Å². The van der Waals surface area contributed by atoms with Gasteiger partial charge in [0.25, 0.3) is 0 Å². The normalized spacial score (nSPS) is 42.0. The van der Waals surface area contributed by atoms with Gasteiger partial charge in [0.05, 0.1) is 5.56 Å². The van der Waals surface area contributed by atoms with E-state index >= 15 is 0 Å². The highest BCUT2D eigenvalue weighted by molar-refractivity contribution is 5.88. The minimum atomic E-state index is -0.847. The van der Waals surface area contributed by atoms with Gasteiger partial charge in [-0.15, -0.1) is 0 Å². The van der Waals surface area contributed by atoms with Crippen molar-refractivity contribution in [1.29, 1.82) is 0 Å². The summed E-state index contributed by atoms with van der Waals surface area (Å²) in [7, 11) is 0. The molecule has 5 aliphatic carbocycles. The summed E-state index contributed by atoms with van der Waals surface area (Å²) in [5, 5.41) is 14.0. The first-order chi connectivity index (χ1) is 26.2. The highest BCUT2D eigenvalue weighted by Gasteiger charge is 2.70. The Balaban J connectivity index is 0.917. The van der Waals surface area contributed by atoms with Crippen molar-refractivity contribution in [3.63, 3.8) is 0 Å². The fourth-order valence-corrected chi connectivity index (χ4v) is 16.2. The number of hydrogen-bond acceptors (Lipinski definition) is 4. The maximum absolute atomic E-state index is 11.6. The lowest BCUT2D eigenvalue weighted by Gasteiger charge is -2.72. The van der Waals surface area contributed by atoms with Crippen LogP contribution >= 0.6 is 0 Å². The molecule has 5 nitrogen and oxygen atoms in total. The van der Waals surface area contributed by atoms with Crippen molar-refractivity contribution in [2.45, 2.75) is 137 Å². The van der Waals surface area contributed by atoms with Crippen LogP contribution in [0.4, 0.5) is 0 Å². The largest absolute Gasteiger partial charge is 0.478 e.